The molecule has 24 heavy (non-hydrogen) atoms. The zero-order chi connectivity index (χ0) is 17.0. The van der Waals surface area contributed by atoms with Crippen LogP contribution in [0.15, 0.2) is 34.0 Å². The summed E-state index contributed by atoms with van der Waals surface area (Å²) in [6.07, 6.45) is 9.15. The van der Waals surface area contributed by atoms with Crippen LogP contribution < -0.4 is 14.8 Å². The minimum absolute atomic E-state index is 0.135. The molecule has 2 aliphatic rings. The lowest BCUT2D eigenvalue weighted by Crippen LogP contribution is -2.31. The van der Waals surface area contributed by atoms with Crippen molar-refractivity contribution in [2.75, 3.05) is 20.3 Å². The summed E-state index contributed by atoms with van der Waals surface area (Å²) in [6.45, 7) is 0.742. The van der Waals surface area contributed by atoms with Gasteiger partial charge in [0.2, 0.25) is 0 Å². The minimum Gasteiger partial charge on any atom is -0.497 e. The van der Waals surface area contributed by atoms with Gasteiger partial charge in [0.25, 0.3) is 5.91 Å². The van der Waals surface area contributed by atoms with E-state index in [2.05, 4.69) is 21.5 Å². The van der Waals surface area contributed by atoms with Crippen LogP contribution in [0.5, 0.6) is 11.5 Å². The number of carbonyl (C=O) groups is 1. The van der Waals surface area contributed by atoms with Gasteiger partial charge in [-0.15, -0.1) is 12.3 Å². The third-order valence-electron chi connectivity index (χ3n) is 4.09. The summed E-state index contributed by atoms with van der Waals surface area (Å²) in [7, 11) is 1.61. The highest BCUT2D eigenvalue weighted by Gasteiger charge is 2.38. The van der Waals surface area contributed by atoms with Gasteiger partial charge in [0.1, 0.15) is 18.1 Å². The first-order valence-corrected chi connectivity index (χ1v) is 7.83. The van der Waals surface area contributed by atoms with Crippen molar-refractivity contribution < 1.29 is 14.3 Å². The Labute approximate surface area is 140 Å². The number of ether oxygens (including phenoxy) is 2. The van der Waals surface area contributed by atoms with Gasteiger partial charge < -0.3 is 14.8 Å². The molecule has 0 saturated carbocycles. The van der Waals surface area contributed by atoms with Crippen molar-refractivity contribution in [2.45, 2.75) is 24.9 Å². The summed E-state index contributed by atoms with van der Waals surface area (Å²) in [5, 5.41) is 11.0. The van der Waals surface area contributed by atoms with Crippen molar-refractivity contribution in [2.24, 2.45) is 10.2 Å². The smallest absolute Gasteiger partial charge is 0.250 e. The first-order valence-electron chi connectivity index (χ1n) is 7.83. The zero-order valence-corrected chi connectivity index (χ0v) is 13.5. The summed E-state index contributed by atoms with van der Waals surface area (Å²) < 4.78 is 10.8. The van der Waals surface area contributed by atoms with Crippen molar-refractivity contribution in [3.8, 4) is 23.8 Å². The third-order valence-corrected chi connectivity index (χ3v) is 4.09. The molecule has 0 aliphatic carbocycles. The van der Waals surface area contributed by atoms with Gasteiger partial charge in [-0.1, -0.05) is 0 Å². The fourth-order valence-electron chi connectivity index (χ4n) is 2.56. The highest BCUT2D eigenvalue weighted by molar-refractivity contribution is 5.99. The van der Waals surface area contributed by atoms with Crippen LogP contribution >= 0.6 is 0 Å². The zero-order valence-electron chi connectivity index (χ0n) is 13.5. The number of nitrogens with zero attached hydrogens (tertiary/aromatic N) is 2. The third kappa shape index (κ3) is 3.57. The number of nitrogens with one attached hydrogen (secondary N) is 1. The topological polar surface area (TPSA) is 72.3 Å². The molecule has 0 saturated heterocycles. The lowest BCUT2D eigenvalue weighted by molar-refractivity contribution is -0.117. The number of carbonyl (C=O) groups excluding carboxylic acids is 1. The molecular weight excluding hydrogens is 306 g/mol. The predicted octanol–water partition coefficient (Wildman–Crippen LogP) is 2.55. The standard InChI is InChI=1S/C18H19N3O3/c1-3-4-7-18(20-21-18)8-9-19-17(22)14-10-13-5-6-15(23-2)11-16(13)24-12-14/h1,5-6,10-11H,4,7-9,12H2,2H3,(H,19,22). The Morgan fingerprint density at radius 1 is 1.46 bits per heavy atom. The van der Waals surface area contributed by atoms with Crippen molar-refractivity contribution in [3.05, 3.63) is 29.3 Å². The van der Waals surface area contributed by atoms with Crippen molar-refractivity contribution in [1.29, 1.82) is 0 Å². The molecule has 0 fully saturated rings. The molecule has 1 aromatic carbocycles. The second-order valence-electron chi connectivity index (χ2n) is 5.75. The Morgan fingerprint density at radius 3 is 3.00 bits per heavy atom. The minimum atomic E-state index is -0.375. The second-order valence-corrected chi connectivity index (χ2v) is 5.75. The predicted molar refractivity (Wildman–Crippen MR) is 89.7 cm³/mol. The molecule has 1 aromatic rings. The van der Waals surface area contributed by atoms with E-state index in [1.807, 2.05) is 24.3 Å². The van der Waals surface area contributed by atoms with Gasteiger partial charge in [-0.25, -0.2) is 0 Å². The maximum Gasteiger partial charge on any atom is 0.250 e. The van der Waals surface area contributed by atoms with Gasteiger partial charge in [-0.05, 0) is 18.2 Å². The summed E-state index contributed by atoms with van der Waals surface area (Å²) in [6, 6.07) is 5.52. The Kier molecular flexibility index (Phi) is 4.52. The van der Waals surface area contributed by atoms with Crippen LogP contribution in [0, 0.1) is 12.3 Å². The fraction of sp³-hybridized carbons (Fsp3) is 0.389. The molecule has 124 valence electrons. The number of rotatable bonds is 7. The van der Waals surface area contributed by atoms with Crippen LogP contribution in [0.4, 0.5) is 0 Å². The van der Waals surface area contributed by atoms with Crippen molar-refractivity contribution in [3.63, 3.8) is 0 Å². The Bertz CT molecular complexity index is 740. The number of amides is 1. The van der Waals surface area contributed by atoms with E-state index >= 15 is 0 Å². The summed E-state index contributed by atoms with van der Waals surface area (Å²) in [5.74, 6) is 3.90. The highest BCUT2D eigenvalue weighted by atomic mass is 16.5. The van der Waals surface area contributed by atoms with Gasteiger partial charge in [0.15, 0.2) is 5.66 Å². The maximum atomic E-state index is 12.3. The molecule has 0 spiro atoms. The molecule has 0 unspecified atom stereocenters. The first-order chi connectivity index (χ1) is 11.7. The molecule has 0 radical (unpaired) electrons. The molecule has 1 amide bonds. The first kappa shape index (κ1) is 16.1. The van der Waals surface area contributed by atoms with Gasteiger partial charge in [-0.2, -0.15) is 10.2 Å². The number of fused-ring (bicyclic) bond motifs is 1. The van der Waals surface area contributed by atoms with Crippen LogP contribution in [-0.4, -0.2) is 31.8 Å². The van der Waals surface area contributed by atoms with Gasteiger partial charge >= 0.3 is 0 Å². The SMILES string of the molecule is C#CCCC1(CCNC(=O)C2=Cc3ccc(OC)cc3OC2)N=N1. The molecule has 0 atom stereocenters. The van der Waals surface area contributed by atoms with E-state index < -0.39 is 0 Å². The van der Waals surface area contributed by atoms with E-state index in [4.69, 9.17) is 15.9 Å². The molecule has 2 aliphatic heterocycles. The second kappa shape index (κ2) is 6.75. The van der Waals surface area contributed by atoms with E-state index in [1.54, 1.807) is 7.11 Å². The molecule has 6 heteroatoms. The average molecular weight is 325 g/mol. The molecule has 0 bridgehead atoms. The van der Waals surface area contributed by atoms with Crippen LogP contribution in [0.25, 0.3) is 6.08 Å². The van der Waals surface area contributed by atoms with Crippen LogP contribution in [0.1, 0.15) is 24.8 Å². The number of hydrogen-bond acceptors (Lipinski definition) is 5. The maximum absolute atomic E-state index is 12.3. The number of hydrogen-bond donors (Lipinski definition) is 1. The van der Waals surface area contributed by atoms with Crippen LogP contribution in [-0.2, 0) is 4.79 Å². The average Bonchev–Trinajstić information content (AvgIpc) is 3.39. The van der Waals surface area contributed by atoms with Gasteiger partial charge in [0, 0.05) is 37.4 Å². The Morgan fingerprint density at radius 2 is 2.29 bits per heavy atom. The lowest BCUT2D eigenvalue weighted by atomic mass is 10.0. The normalized spacial score (nSPS) is 16.2. The Balaban J connectivity index is 1.54. The van der Waals surface area contributed by atoms with Gasteiger partial charge in [0.05, 0.1) is 12.7 Å². The number of terminal acetylenes is 1. The van der Waals surface area contributed by atoms with E-state index in [-0.39, 0.29) is 18.2 Å². The fourth-order valence-corrected chi connectivity index (χ4v) is 2.56. The van der Waals surface area contributed by atoms with E-state index in [9.17, 15) is 4.79 Å². The number of benzene rings is 1. The van der Waals surface area contributed by atoms with Gasteiger partial charge in [-0.3, -0.25) is 4.79 Å². The largest absolute Gasteiger partial charge is 0.497 e. The monoisotopic (exact) mass is 325 g/mol. The van der Waals surface area contributed by atoms with E-state index in [1.165, 1.54) is 0 Å². The summed E-state index contributed by atoms with van der Waals surface area (Å²) in [4.78, 5) is 12.3. The molecular formula is C18H19N3O3. The molecule has 0 aromatic heterocycles. The van der Waals surface area contributed by atoms with Crippen molar-refractivity contribution >= 4 is 12.0 Å². The van der Waals surface area contributed by atoms with Crippen LogP contribution in [0.3, 0.4) is 0 Å². The molecule has 3 rings (SSSR count). The van der Waals surface area contributed by atoms with Crippen LogP contribution in [0.2, 0.25) is 0 Å². The molecule has 2 heterocycles. The van der Waals surface area contributed by atoms with E-state index in [0.29, 0.717) is 25.0 Å². The Hall–Kier alpha value is -2.81. The summed E-state index contributed by atoms with van der Waals surface area (Å²) >= 11 is 0. The van der Waals surface area contributed by atoms with E-state index in [0.717, 1.165) is 23.5 Å². The quantitative estimate of drug-likeness (QED) is 0.783. The number of methoxy groups -OCH3 is 1. The highest BCUT2D eigenvalue weighted by Crippen LogP contribution is 2.36. The molecule has 1 N–H and O–H groups in total. The summed E-state index contributed by atoms with van der Waals surface area (Å²) in [5.41, 5.74) is 1.08. The van der Waals surface area contributed by atoms with Crippen molar-refractivity contribution in [1.82, 2.24) is 5.32 Å². The molecule has 6 nitrogen and oxygen atoms in total. The lowest BCUT2D eigenvalue weighted by Gasteiger charge is -2.18.